The number of furan rings is 1. The standard InChI is InChI=1S/C13H8N2O2/c1-14-8-3-5-11-10(7-8)9-4-6-12(16)15(2)13(9)17-11/h3-7H,2H3. The van der Waals surface area contributed by atoms with Gasteiger partial charge in [-0.2, -0.15) is 0 Å². The Kier molecular flexibility index (Phi) is 1.83. The molecule has 0 spiro atoms. The van der Waals surface area contributed by atoms with Gasteiger partial charge in [-0.25, -0.2) is 4.85 Å². The van der Waals surface area contributed by atoms with Crippen LogP contribution in [-0.2, 0) is 7.05 Å². The van der Waals surface area contributed by atoms with E-state index in [0.717, 1.165) is 10.8 Å². The van der Waals surface area contributed by atoms with Crippen LogP contribution in [0.25, 0.3) is 26.9 Å². The minimum atomic E-state index is -0.109. The van der Waals surface area contributed by atoms with Gasteiger partial charge in [-0.05, 0) is 18.2 Å². The molecule has 0 atom stereocenters. The molecule has 0 N–H and O–H groups in total. The van der Waals surface area contributed by atoms with Crippen molar-refractivity contribution in [3.05, 3.63) is 52.1 Å². The highest BCUT2D eigenvalue weighted by Gasteiger charge is 2.10. The van der Waals surface area contributed by atoms with Crippen molar-refractivity contribution in [1.29, 1.82) is 0 Å². The Labute approximate surface area is 96.5 Å². The molecule has 0 fully saturated rings. The number of rotatable bonds is 0. The van der Waals surface area contributed by atoms with Gasteiger partial charge < -0.3 is 4.42 Å². The van der Waals surface area contributed by atoms with Gasteiger partial charge in [0.15, 0.2) is 5.69 Å². The van der Waals surface area contributed by atoms with Crippen LogP contribution in [0.1, 0.15) is 0 Å². The lowest BCUT2D eigenvalue weighted by Crippen LogP contribution is -2.14. The van der Waals surface area contributed by atoms with Gasteiger partial charge >= 0.3 is 0 Å². The predicted molar refractivity (Wildman–Crippen MR) is 65.2 cm³/mol. The molecule has 4 nitrogen and oxygen atoms in total. The van der Waals surface area contributed by atoms with Crippen LogP contribution in [0.15, 0.2) is 39.5 Å². The van der Waals surface area contributed by atoms with Gasteiger partial charge in [0.05, 0.1) is 6.57 Å². The number of fused-ring (bicyclic) bond motifs is 3. The second-order valence-corrected chi connectivity index (χ2v) is 3.84. The van der Waals surface area contributed by atoms with Crippen LogP contribution in [0.5, 0.6) is 0 Å². The Morgan fingerprint density at radius 1 is 1.24 bits per heavy atom. The summed E-state index contributed by atoms with van der Waals surface area (Å²) < 4.78 is 7.09. The molecule has 3 aromatic rings. The summed E-state index contributed by atoms with van der Waals surface area (Å²) in [7, 11) is 1.67. The molecular weight excluding hydrogens is 216 g/mol. The van der Waals surface area contributed by atoms with E-state index in [1.54, 1.807) is 31.3 Å². The summed E-state index contributed by atoms with van der Waals surface area (Å²) in [5.74, 6) is 0. The highest BCUT2D eigenvalue weighted by Crippen LogP contribution is 2.30. The molecule has 0 aliphatic carbocycles. The normalized spacial score (nSPS) is 10.8. The number of pyridine rings is 1. The maximum Gasteiger partial charge on any atom is 0.253 e. The van der Waals surface area contributed by atoms with Gasteiger partial charge in [-0.3, -0.25) is 9.36 Å². The molecule has 17 heavy (non-hydrogen) atoms. The third-order valence-electron chi connectivity index (χ3n) is 2.85. The first-order chi connectivity index (χ1) is 8.20. The van der Waals surface area contributed by atoms with Gasteiger partial charge in [0.2, 0.25) is 5.71 Å². The fourth-order valence-electron chi connectivity index (χ4n) is 1.94. The highest BCUT2D eigenvalue weighted by atomic mass is 16.3. The molecule has 0 saturated heterocycles. The molecule has 0 aliphatic heterocycles. The molecular formula is C13H8N2O2. The summed E-state index contributed by atoms with van der Waals surface area (Å²) in [4.78, 5) is 14.9. The zero-order valence-electron chi connectivity index (χ0n) is 9.10. The van der Waals surface area contributed by atoms with Crippen molar-refractivity contribution >= 4 is 27.8 Å². The van der Waals surface area contributed by atoms with Crippen molar-refractivity contribution in [2.75, 3.05) is 0 Å². The van der Waals surface area contributed by atoms with Crippen molar-refractivity contribution in [3.63, 3.8) is 0 Å². The third kappa shape index (κ3) is 1.26. The van der Waals surface area contributed by atoms with Crippen molar-refractivity contribution in [1.82, 2.24) is 4.57 Å². The minimum Gasteiger partial charge on any atom is -0.440 e. The fraction of sp³-hybridized carbons (Fsp3) is 0.0769. The molecule has 2 aromatic heterocycles. The Morgan fingerprint density at radius 2 is 2.06 bits per heavy atom. The molecule has 82 valence electrons. The molecule has 4 heteroatoms. The van der Waals surface area contributed by atoms with Crippen molar-refractivity contribution in [3.8, 4) is 0 Å². The van der Waals surface area contributed by atoms with E-state index in [1.807, 2.05) is 0 Å². The molecule has 0 amide bonds. The average Bonchev–Trinajstić information content (AvgIpc) is 2.72. The number of aryl methyl sites for hydroxylation is 1. The largest absolute Gasteiger partial charge is 0.440 e. The third-order valence-corrected chi connectivity index (χ3v) is 2.85. The minimum absolute atomic E-state index is 0.109. The van der Waals surface area contributed by atoms with E-state index in [2.05, 4.69) is 4.85 Å². The number of aromatic nitrogens is 1. The number of hydrogen-bond acceptors (Lipinski definition) is 2. The van der Waals surface area contributed by atoms with Gasteiger partial charge in [0.1, 0.15) is 5.58 Å². The van der Waals surface area contributed by atoms with Gasteiger partial charge in [0, 0.05) is 23.9 Å². The Hall–Kier alpha value is -2.54. The lowest BCUT2D eigenvalue weighted by Gasteiger charge is -1.95. The van der Waals surface area contributed by atoms with E-state index < -0.39 is 0 Å². The first-order valence-electron chi connectivity index (χ1n) is 5.10. The Bertz CT molecular complexity index is 834. The maximum absolute atomic E-state index is 11.5. The highest BCUT2D eigenvalue weighted by molar-refractivity contribution is 6.04. The smallest absolute Gasteiger partial charge is 0.253 e. The zero-order chi connectivity index (χ0) is 12.0. The molecule has 0 aliphatic rings. The van der Waals surface area contributed by atoms with Crippen LogP contribution in [0, 0.1) is 6.57 Å². The topological polar surface area (TPSA) is 39.5 Å². The van der Waals surface area contributed by atoms with Gasteiger partial charge in [-0.1, -0.05) is 6.07 Å². The van der Waals surface area contributed by atoms with E-state index in [9.17, 15) is 4.79 Å². The second kappa shape index (κ2) is 3.22. The fourth-order valence-corrected chi connectivity index (χ4v) is 1.94. The van der Waals surface area contributed by atoms with Crippen molar-refractivity contribution in [2.45, 2.75) is 0 Å². The monoisotopic (exact) mass is 224 g/mol. The van der Waals surface area contributed by atoms with Crippen LogP contribution in [0.3, 0.4) is 0 Å². The van der Waals surface area contributed by atoms with Crippen LogP contribution in [0.2, 0.25) is 0 Å². The van der Waals surface area contributed by atoms with E-state index >= 15 is 0 Å². The quantitative estimate of drug-likeness (QED) is 0.551. The maximum atomic E-state index is 11.5. The predicted octanol–water partition coefficient (Wildman–Crippen LogP) is 2.84. The van der Waals surface area contributed by atoms with E-state index in [4.69, 9.17) is 11.0 Å². The second-order valence-electron chi connectivity index (χ2n) is 3.84. The first kappa shape index (κ1) is 9.67. The average molecular weight is 224 g/mol. The summed E-state index contributed by atoms with van der Waals surface area (Å²) in [6.07, 6.45) is 0. The molecule has 0 unspecified atom stereocenters. The zero-order valence-corrected chi connectivity index (χ0v) is 9.10. The number of benzene rings is 1. The van der Waals surface area contributed by atoms with Crippen LogP contribution in [0.4, 0.5) is 5.69 Å². The van der Waals surface area contributed by atoms with E-state index in [0.29, 0.717) is 17.0 Å². The lowest BCUT2D eigenvalue weighted by molar-refractivity contribution is 0.621. The van der Waals surface area contributed by atoms with Crippen LogP contribution < -0.4 is 5.56 Å². The van der Waals surface area contributed by atoms with Crippen molar-refractivity contribution in [2.24, 2.45) is 7.05 Å². The Balaban J connectivity index is 2.56. The number of hydrogen-bond donors (Lipinski definition) is 0. The van der Waals surface area contributed by atoms with E-state index in [1.165, 1.54) is 10.6 Å². The van der Waals surface area contributed by atoms with E-state index in [-0.39, 0.29) is 5.56 Å². The van der Waals surface area contributed by atoms with Crippen LogP contribution >= 0.6 is 0 Å². The molecule has 3 rings (SSSR count). The molecule has 0 radical (unpaired) electrons. The summed E-state index contributed by atoms with van der Waals surface area (Å²) in [6.45, 7) is 7.00. The van der Waals surface area contributed by atoms with Gasteiger partial charge in [-0.15, -0.1) is 0 Å². The molecule has 2 heterocycles. The summed E-state index contributed by atoms with van der Waals surface area (Å²) in [5.41, 5.74) is 1.68. The molecule has 1 aromatic carbocycles. The lowest BCUT2D eigenvalue weighted by atomic mass is 10.2. The van der Waals surface area contributed by atoms with Crippen LogP contribution in [-0.4, -0.2) is 4.57 Å². The van der Waals surface area contributed by atoms with Crippen molar-refractivity contribution < 1.29 is 4.42 Å². The first-order valence-corrected chi connectivity index (χ1v) is 5.10. The number of nitrogens with zero attached hydrogens (tertiary/aromatic N) is 2. The van der Waals surface area contributed by atoms with Gasteiger partial charge in [0.25, 0.3) is 5.56 Å². The Morgan fingerprint density at radius 3 is 2.82 bits per heavy atom. The summed E-state index contributed by atoms with van der Waals surface area (Å²) in [6, 6.07) is 8.47. The summed E-state index contributed by atoms with van der Waals surface area (Å²) >= 11 is 0. The molecule has 0 bridgehead atoms. The summed E-state index contributed by atoms with van der Waals surface area (Å²) in [5, 5.41) is 1.72. The molecule has 0 saturated carbocycles. The SMILES string of the molecule is [C-]#[N+]c1ccc2oc3c(ccc(=O)n3C)c2c1.